The summed E-state index contributed by atoms with van der Waals surface area (Å²) in [5, 5.41) is 0. The third-order valence-corrected chi connectivity index (χ3v) is 3.49. The van der Waals surface area contributed by atoms with E-state index < -0.39 is 0 Å². The van der Waals surface area contributed by atoms with E-state index in [2.05, 4.69) is 19.1 Å². The van der Waals surface area contributed by atoms with E-state index in [0.717, 1.165) is 11.1 Å². The summed E-state index contributed by atoms with van der Waals surface area (Å²) in [6.45, 7) is 6.01. The van der Waals surface area contributed by atoms with E-state index in [4.69, 9.17) is 0 Å². The third-order valence-electron chi connectivity index (χ3n) is 3.49. The summed E-state index contributed by atoms with van der Waals surface area (Å²) in [7, 11) is 0. The van der Waals surface area contributed by atoms with Crippen LogP contribution < -0.4 is 0 Å². The molecule has 0 amide bonds. The Bertz CT molecular complexity index is 555. The Morgan fingerprint density at radius 3 is 2.05 bits per heavy atom. The minimum Gasteiger partial charge on any atom is -0.298 e. The van der Waals surface area contributed by atoms with Gasteiger partial charge in [0.2, 0.25) is 0 Å². The molecule has 0 aliphatic rings. The molecule has 1 nitrogen and oxygen atoms in total. The lowest BCUT2D eigenvalue weighted by molar-refractivity contribution is -0.122. The summed E-state index contributed by atoms with van der Waals surface area (Å²) in [6, 6.07) is 18.2. The first kappa shape index (κ1) is 13.5. The maximum Gasteiger partial charge on any atom is 0.147 e. The van der Waals surface area contributed by atoms with E-state index in [0.29, 0.717) is 0 Å². The molecule has 0 N–H and O–H groups in total. The van der Waals surface area contributed by atoms with Crippen molar-refractivity contribution in [3.63, 3.8) is 0 Å². The van der Waals surface area contributed by atoms with Crippen LogP contribution in [0.25, 0.3) is 0 Å². The van der Waals surface area contributed by atoms with Gasteiger partial charge in [0.15, 0.2) is 0 Å². The number of Topliss-reactive ketones (excluding diaryl/α,β-unsaturated/α-hetero) is 1. The first-order chi connectivity index (χ1) is 9.11. The predicted molar refractivity (Wildman–Crippen MR) is 79.3 cm³/mol. The second-order valence-electron chi connectivity index (χ2n) is 5.26. The SMILES string of the molecule is Cc1ccccc1C(C(=O)C(C)C)c1ccccc1. The van der Waals surface area contributed by atoms with Gasteiger partial charge in [-0.25, -0.2) is 0 Å². The lowest BCUT2D eigenvalue weighted by Crippen LogP contribution is -2.20. The zero-order valence-electron chi connectivity index (χ0n) is 11.8. The number of benzene rings is 2. The van der Waals surface area contributed by atoms with Gasteiger partial charge in [-0.15, -0.1) is 0 Å². The fourth-order valence-corrected chi connectivity index (χ4v) is 2.39. The van der Waals surface area contributed by atoms with Gasteiger partial charge >= 0.3 is 0 Å². The van der Waals surface area contributed by atoms with Crippen molar-refractivity contribution in [1.82, 2.24) is 0 Å². The van der Waals surface area contributed by atoms with Crippen LogP contribution in [0, 0.1) is 12.8 Å². The van der Waals surface area contributed by atoms with Gasteiger partial charge in [0.25, 0.3) is 0 Å². The Balaban J connectivity index is 2.53. The van der Waals surface area contributed by atoms with Gasteiger partial charge < -0.3 is 0 Å². The maximum atomic E-state index is 12.6. The normalized spacial score (nSPS) is 12.4. The second kappa shape index (κ2) is 5.83. The number of carbonyl (C=O) groups excluding carboxylic acids is 1. The number of hydrogen-bond acceptors (Lipinski definition) is 1. The summed E-state index contributed by atoms with van der Waals surface area (Å²) >= 11 is 0. The van der Waals surface area contributed by atoms with Crippen molar-refractivity contribution in [3.05, 3.63) is 71.3 Å². The van der Waals surface area contributed by atoms with Crippen molar-refractivity contribution >= 4 is 5.78 Å². The maximum absolute atomic E-state index is 12.6. The minimum absolute atomic E-state index is 0.0322. The van der Waals surface area contributed by atoms with Gasteiger partial charge in [0, 0.05) is 5.92 Å². The molecular weight excluding hydrogens is 232 g/mol. The quantitative estimate of drug-likeness (QED) is 0.790. The number of carbonyl (C=O) groups is 1. The van der Waals surface area contributed by atoms with Gasteiger partial charge in [-0.05, 0) is 23.6 Å². The van der Waals surface area contributed by atoms with Crippen LogP contribution >= 0.6 is 0 Å². The molecule has 2 aromatic carbocycles. The fraction of sp³-hybridized carbons (Fsp3) is 0.278. The fourth-order valence-electron chi connectivity index (χ4n) is 2.39. The molecule has 0 aliphatic heterocycles. The van der Waals surface area contributed by atoms with Crippen LogP contribution in [0.1, 0.15) is 36.5 Å². The Morgan fingerprint density at radius 1 is 0.895 bits per heavy atom. The molecule has 0 aliphatic carbocycles. The first-order valence-electron chi connectivity index (χ1n) is 6.75. The van der Waals surface area contributed by atoms with Gasteiger partial charge in [-0.1, -0.05) is 68.4 Å². The van der Waals surface area contributed by atoms with E-state index in [1.54, 1.807) is 0 Å². The molecule has 0 bridgehead atoms. The Morgan fingerprint density at radius 2 is 1.47 bits per heavy atom. The molecule has 1 unspecified atom stereocenters. The zero-order valence-corrected chi connectivity index (χ0v) is 11.8. The van der Waals surface area contributed by atoms with Gasteiger partial charge in [-0.2, -0.15) is 0 Å². The van der Waals surface area contributed by atoms with E-state index in [9.17, 15) is 4.79 Å². The summed E-state index contributed by atoms with van der Waals surface area (Å²) in [6.07, 6.45) is 0. The smallest absolute Gasteiger partial charge is 0.147 e. The molecule has 0 aromatic heterocycles. The van der Waals surface area contributed by atoms with Crippen molar-refractivity contribution in [3.8, 4) is 0 Å². The number of ketones is 1. The molecule has 0 saturated carbocycles. The molecule has 98 valence electrons. The van der Waals surface area contributed by atoms with E-state index in [-0.39, 0.29) is 17.6 Å². The number of rotatable bonds is 4. The van der Waals surface area contributed by atoms with E-state index >= 15 is 0 Å². The molecule has 2 aromatic rings. The molecule has 19 heavy (non-hydrogen) atoms. The lowest BCUT2D eigenvalue weighted by atomic mass is 9.82. The standard InChI is InChI=1S/C18H20O/c1-13(2)18(19)17(15-10-5-4-6-11-15)16-12-8-7-9-14(16)3/h4-13,17H,1-3H3. The zero-order chi connectivity index (χ0) is 13.8. The van der Waals surface area contributed by atoms with Crippen LogP contribution in [0.15, 0.2) is 54.6 Å². The Hall–Kier alpha value is -1.89. The number of aryl methyl sites for hydroxylation is 1. The van der Waals surface area contributed by atoms with Crippen molar-refractivity contribution in [2.24, 2.45) is 5.92 Å². The molecule has 0 radical (unpaired) electrons. The third kappa shape index (κ3) is 2.93. The Labute approximate surface area is 115 Å². The highest BCUT2D eigenvalue weighted by Gasteiger charge is 2.25. The summed E-state index contributed by atoms with van der Waals surface area (Å²) < 4.78 is 0. The lowest BCUT2D eigenvalue weighted by Gasteiger charge is -2.20. The van der Waals surface area contributed by atoms with E-state index in [1.807, 2.05) is 56.3 Å². The molecule has 0 saturated heterocycles. The van der Waals surface area contributed by atoms with E-state index in [1.165, 1.54) is 5.56 Å². The number of hydrogen-bond donors (Lipinski definition) is 0. The highest BCUT2D eigenvalue weighted by Crippen LogP contribution is 2.30. The molecule has 0 spiro atoms. The predicted octanol–water partition coefficient (Wildman–Crippen LogP) is 4.35. The second-order valence-corrected chi connectivity index (χ2v) is 5.26. The van der Waals surface area contributed by atoms with Crippen LogP contribution in [-0.4, -0.2) is 5.78 Å². The molecule has 0 fully saturated rings. The van der Waals surface area contributed by atoms with Crippen molar-refractivity contribution < 1.29 is 4.79 Å². The largest absolute Gasteiger partial charge is 0.298 e. The Kier molecular flexibility index (Phi) is 4.16. The van der Waals surface area contributed by atoms with Crippen LogP contribution in [0.3, 0.4) is 0 Å². The first-order valence-corrected chi connectivity index (χ1v) is 6.75. The van der Waals surface area contributed by atoms with Gasteiger partial charge in [0.05, 0.1) is 5.92 Å². The monoisotopic (exact) mass is 252 g/mol. The van der Waals surface area contributed by atoms with Gasteiger partial charge in [0.1, 0.15) is 5.78 Å². The molecule has 2 rings (SSSR count). The topological polar surface area (TPSA) is 17.1 Å². The minimum atomic E-state index is -0.151. The average molecular weight is 252 g/mol. The van der Waals surface area contributed by atoms with Crippen molar-refractivity contribution in [1.29, 1.82) is 0 Å². The van der Waals surface area contributed by atoms with Gasteiger partial charge in [-0.3, -0.25) is 4.79 Å². The van der Waals surface area contributed by atoms with Crippen molar-refractivity contribution in [2.75, 3.05) is 0 Å². The average Bonchev–Trinajstić information content (AvgIpc) is 2.42. The van der Waals surface area contributed by atoms with Crippen molar-refractivity contribution in [2.45, 2.75) is 26.7 Å². The van der Waals surface area contributed by atoms with Crippen LogP contribution in [0.4, 0.5) is 0 Å². The molecule has 1 atom stereocenters. The highest BCUT2D eigenvalue weighted by molar-refractivity contribution is 5.90. The van der Waals surface area contributed by atoms with Crippen LogP contribution in [0.5, 0.6) is 0 Å². The summed E-state index contributed by atoms with van der Waals surface area (Å²) in [4.78, 5) is 12.6. The highest BCUT2D eigenvalue weighted by atomic mass is 16.1. The molecule has 0 heterocycles. The molecule has 1 heteroatoms. The summed E-state index contributed by atoms with van der Waals surface area (Å²) in [5.41, 5.74) is 3.37. The summed E-state index contributed by atoms with van der Waals surface area (Å²) in [5.74, 6) is 0.160. The van der Waals surface area contributed by atoms with Crippen LogP contribution in [0.2, 0.25) is 0 Å². The van der Waals surface area contributed by atoms with Crippen LogP contribution in [-0.2, 0) is 4.79 Å². The molecular formula is C18H20O.